The Bertz CT molecular complexity index is 959. The first-order valence-corrected chi connectivity index (χ1v) is 7.21. The van der Waals surface area contributed by atoms with Gasteiger partial charge in [-0.05, 0) is 19.1 Å². The molecule has 0 spiro atoms. The predicted octanol–water partition coefficient (Wildman–Crippen LogP) is 3.15. The van der Waals surface area contributed by atoms with Crippen molar-refractivity contribution in [2.75, 3.05) is 0 Å². The molecule has 1 amide bonds. The summed E-state index contributed by atoms with van der Waals surface area (Å²) in [5.41, 5.74) is 4.78. The van der Waals surface area contributed by atoms with Crippen LogP contribution < -0.4 is 5.43 Å². The number of aromatic nitrogens is 1. The van der Waals surface area contributed by atoms with E-state index in [4.69, 9.17) is 0 Å². The molecule has 0 aliphatic heterocycles. The lowest BCUT2D eigenvalue weighted by atomic mass is 10.1. The quantitative estimate of drug-likeness (QED) is 0.438. The molecule has 2 N–H and O–H groups in total. The molecule has 0 aliphatic carbocycles. The molecule has 1 heterocycles. The van der Waals surface area contributed by atoms with Crippen LogP contribution in [0.25, 0.3) is 10.9 Å². The fraction of sp³-hybridized carbons (Fsp3) is 0.0588. The van der Waals surface area contributed by atoms with Crippen molar-refractivity contribution in [2.24, 2.45) is 5.10 Å². The highest BCUT2D eigenvalue weighted by Gasteiger charge is 2.14. The van der Waals surface area contributed by atoms with Crippen LogP contribution in [0.2, 0.25) is 0 Å². The fourth-order valence-corrected chi connectivity index (χ4v) is 2.37. The number of H-pyrrole nitrogens is 1. The lowest BCUT2D eigenvalue weighted by molar-refractivity contribution is -0.385. The van der Waals surface area contributed by atoms with E-state index in [1.54, 1.807) is 13.1 Å². The number of hydrogen-bond acceptors (Lipinski definition) is 4. The standard InChI is InChI=1S/C17H14N4O3/c1-11-6-7-12(8-16(11)21(23)24)17(22)20-19-10-13-9-18-15-5-3-2-4-14(13)15/h2-10,18H,1H3,(H,20,22). The number of hydrogen-bond donors (Lipinski definition) is 2. The highest BCUT2D eigenvalue weighted by atomic mass is 16.6. The van der Waals surface area contributed by atoms with Gasteiger partial charge in [0.15, 0.2) is 0 Å². The molecule has 0 saturated heterocycles. The summed E-state index contributed by atoms with van der Waals surface area (Å²) in [7, 11) is 0. The van der Waals surface area contributed by atoms with Gasteiger partial charge in [0, 0.05) is 39.9 Å². The smallest absolute Gasteiger partial charge is 0.273 e. The maximum atomic E-state index is 12.1. The Morgan fingerprint density at radius 2 is 2.08 bits per heavy atom. The summed E-state index contributed by atoms with van der Waals surface area (Å²) >= 11 is 0. The lowest BCUT2D eigenvalue weighted by Crippen LogP contribution is -2.17. The first-order valence-electron chi connectivity index (χ1n) is 7.21. The number of aromatic amines is 1. The number of hydrazone groups is 1. The summed E-state index contributed by atoms with van der Waals surface area (Å²) in [6.45, 7) is 1.62. The third kappa shape index (κ3) is 3.00. The number of rotatable bonds is 4. The normalized spacial score (nSPS) is 11.0. The van der Waals surface area contributed by atoms with Gasteiger partial charge >= 0.3 is 0 Å². The van der Waals surface area contributed by atoms with Crippen molar-refractivity contribution < 1.29 is 9.72 Å². The average Bonchev–Trinajstić information content (AvgIpc) is 2.98. The molecule has 0 saturated carbocycles. The highest BCUT2D eigenvalue weighted by Crippen LogP contribution is 2.19. The number of nitro groups is 1. The van der Waals surface area contributed by atoms with Crippen LogP contribution in [0.5, 0.6) is 0 Å². The molecule has 0 atom stereocenters. The second kappa shape index (κ2) is 6.33. The van der Waals surface area contributed by atoms with Crippen molar-refractivity contribution in [1.82, 2.24) is 10.4 Å². The number of aryl methyl sites for hydroxylation is 1. The number of nitro benzene ring substituents is 1. The van der Waals surface area contributed by atoms with E-state index in [9.17, 15) is 14.9 Å². The van der Waals surface area contributed by atoms with E-state index in [-0.39, 0.29) is 11.3 Å². The number of carbonyl (C=O) groups excluding carboxylic acids is 1. The van der Waals surface area contributed by atoms with Crippen molar-refractivity contribution in [1.29, 1.82) is 0 Å². The minimum atomic E-state index is -0.513. The summed E-state index contributed by atoms with van der Waals surface area (Å²) in [6.07, 6.45) is 3.32. The van der Waals surface area contributed by atoms with Gasteiger partial charge in [0.2, 0.25) is 0 Å². The Morgan fingerprint density at radius 3 is 2.88 bits per heavy atom. The molecule has 120 valence electrons. The van der Waals surface area contributed by atoms with Crippen molar-refractivity contribution >= 4 is 28.7 Å². The Hall–Kier alpha value is -3.48. The van der Waals surface area contributed by atoms with Gasteiger partial charge in [0.25, 0.3) is 11.6 Å². The number of carbonyl (C=O) groups is 1. The van der Waals surface area contributed by atoms with Crippen molar-refractivity contribution in [3.8, 4) is 0 Å². The first-order chi connectivity index (χ1) is 11.6. The largest absolute Gasteiger partial charge is 0.361 e. The Morgan fingerprint density at radius 1 is 1.29 bits per heavy atom. The Labute approximate surface area is 137 Å². The maximum absolute atomic E-state index is 12.1. The number of amides is 1. The van der Waals surface area contributed by atoms with Crippen LogP contribution in [0, 0.1) is 17.0 Å². The van der Waals surface area contributed by atoms with E-state index in [0.29, 0.717) is 5.56 Å². The van der Waals surface area contributed by atoms with E-state index in [0.717, 1.165) is 16.5 Å². The zero-order valence-electron chi connectivity index (χ0n) is 12.8. The van der Waals surface area contributed by atoms with E-state index < -0.39 is 10.8 Å². The summed E-state index contributed by atoms with van der Waals surface area (Å²) in [5, 5.41) is 15.8. The number of fused-ring (bicyclic) bond motifs is 1. The predicted molar refractivity (Wildman–Crippen MR) is 91.2 cm³/mol. The summed E-state index contributed by atoms with van der Waals surface area (Å²) < 4.78 is 0. The molecule has 0 fully saturated rings. The van der Waals surface area contributed by atoms with Crippen LogP contribution in [0.15, 0.2) is 53.8 Å². The summed E-state index contributed by atoms with van der Waals surface area (Å²) in [5.74, 6) is -0.505. The topological polar surface area (TPSA) is 100 Å². The zero-order valence-corrected chi connectivity index (χ0v) is 12.8. The number of para-hydroxylation sites is 1. The first kappa shape index (κ1) is 15.4. The van der Waals surface area contributed by atoms with Crippen LogP contribution >= 0.6 is 0 Å². The molecule has 0 aliphatic rings. The van der Waals surface area contributed by atoms with Gasteiger partial charge in [-0.25, -0.2) is 5.43 Å². The third-order valence-corrected chi connectivity index (χ3v) is 3.66. The van der Waals surface area contributed by atoms with Gasteiger partial charge in [-0.15, -0.1) is 0 Å². The molecule has 0 radical (unpaired) electrons. The molecular formula is C17H14N4O3. The number of nitrogens with one attached hydrogen (secondary N) is 2. The molecule has 0 unspecified atom stereocenters. The van der Waals surface area contributed by atoms with Crippen LogP contribution in [-0.2, 0) is 0 Å². The molecule has 7 nitrogen and oxygen atoms in total. The minimum absolute atomic E-state index is 0.0942. The van der Waals surface area contributed by atoms with E-state index in [1.807, 2.05) is 24.3 Å². The molecule has 24 heavy (non-hydrogen) atoms. The average molecular weight is 322 g/mol. The monoisotopic (exact) mass is 322 g/mol. The van der Waals surface area contributed by atoms with Crippen LogP contribution in [-0.4, -0.2) is 22.0 Å². The lowest BCUT2D eigenvalue weighted by Gasteiger charge is -2.02. The van der Waals surface area contributed by atoms with Crippen molar-refractivity contribution in [2.45, 2.75) is 6.92 Å². The molecule has 3 aromatic rings. The molecule has 2 aromatic carbocycles. The van der Waals surface area contributed by atoms with Crippen LogP contribution in [0.3, 0.4) is 0 Å². The molecule has 1 aromatic heterocycles. The van der Waals surface area contributed by atoms with Gasteiger partial charge in [-0.3, -0.25) is 14.9 Å². The van der Waals surface area contributed by atoms with Gasteiger partial charge in [0.05, 0.1) is 11.1 Å². The highest BCUT2D eigenvalue weighted by molar-refractivity contribution is 6.00. The van der Waals surface area contributed by atoms with Gasteiger partial charge in [-0.1, -0.05) is 24.3 Å². The summed E-state index contributed by atoms with van der Waals surface area (Å²) in [4.78, 5) is 25.6. The molecule has 3 rings (SSSR count). The van der Waals surface area contributed by atoms with E-state index in [1.165, 1.54) is 24.4 Å². The van der Waals surface area contributed by atoms with Crippen LogP contribution in [0.1, 0.15) is 21.5 Å². The second-order valence-corrected chi connectivity index (χ2v) is 5.25. The van der Waals surface area contributed by atoms with Gasteiger partial charge in [-0.2, -0.15) is 5.10 Å². The number of nitrogens with zero attached hydrogens (tertiary/aromatic N) is 2. The Kier molecular flexibility index (Phi) is 4.07. The van der Waals surface area contributed by atoms with Crippen LogP contribution in [0.4, 0.5) is 5.69 Å². The third-order valence-electron chi connectivity index (χ3n) is 3.66. The van der Waals surface area contributed by atoms with E-state index in [2.05, 4.69) is 15.5 Å². The zero-order chi connectivity index (χ0) is 17.1. The number of benzene rings is 2. The molecule has 7 heteroatoms. The second-order valence-electron chi connectivity index (χ2n) is 5.25. The van der Waals surface area contributed by atoms with Gasteiger partial charge in [0.1, 0.15) is 0 Å². The van der Waals surface area contributed by atoms with Crippen molar-refractivity contribution in [3.63, 3.8) is 0 Å². The summed E-state index contributed by atoms with van der Waals surface area (Å²) in [6, 6.07) is 12.0. The van der Waals surface area contributed by atoms with E-state index >= 15 is 0 Å². The minimum Gasteiger partial charge on any atom is -0.361 e. The maximum Gasteiger partial charge on any atom is 0.273 e. The Balaban J connectivity index is 1.76. The molecular weight excluding hydrogens is 308 g/mol. The fourth-order valence-electron chi connectivity index (χ4n) is 2.37. The van der Waals surface area contributed by atoms with Gasteiger partial charge < -0.3 is 4.98 Å². The van der Waals surface area contributed by atoms with Crippen molar-refractivity contribution in [3.05, 3.63) is 75.5 Å². The SMILES string of the molecule is Cc1ccc(C(=O)NN=Cc2c[nH]c3ccccc23)cc1[N+](=O)[O-]. The molecule has 0 bridgehead atoms.